The van der Waals surface area contributed by atoms with Crippen LogP contribution in [0.2, 0.25) is 0 Å². The van der Waals surface area contributed by atoms with Crippen LogP contribution in [0.25, 0.3) is 0 Å². The standard InChI is InChI=1S/C16H24N2O2/c1-5-13(3)18(14(4)19)11-10-17-16(20)15-8-6-12(2)7-9-15/h6-9,13H,5,10-11H2,1-4H3,(H,17,20). The average molecular weight is 276 g/mol. The van der Waals surface area contributed by atoms with E-state index in [4.69, 9.17) is 0 Å². The summed E-state index contributed by atoms with van der Waals surface area (Å²) in [5.74, 6) is -0.0541. The van der Waals surface area contributed by atoms with Crippen molar-refractivity contribution in [3.8, 4) is 0 Å². The number of aryl methyl sites for hydroxylation is 1. The van der Waals surface area contributed by atoms with Crippen LogP contribution < -0.4 is 5.32 Å². The Kier molecular flexibility index (Phi) is 6.22. The maximum Gasteiger partial charge on any atom is 0.251 e. The molecular weight excluding hydrogens is 252 g/mol. The lowest BCUT2D eigenvalue weighted by molar-refractivity contribution is -0.130. The van der Waals surface area contributed by atoms with E-state index in [2.05, 4.69) is 5.32 Å². The fourth-order valence-electron chi connectivity index (χ4n) is 2.01. The molecule has 1 unspecified atom stereocenters. The van der Waals surface area contributed by atoms with E-state index in [1.54, 1.807) is 11.8 Å². The van der Waals surface area contributed by atoms with Gasteiger partial charge >= 0.3 is 0 Å². The highest BCUT2D eigenvalue weighted by atomic mass is 16.2. The molecule has 0 saturated carbocycles. The molecule has 1 aromatic rings. The molecule has 4 nitrogen and oxygen atoms in total. The highest BCUT2D eigenvalue weighted by Gasteiger charge is 2.15. The predicted octanol–water partition coefficient (Wildman–Crippen LogP) is 2.37. The lowest BCUT2D eigenvalue weighted by atomic mass is 10.1. The molecule has 0 aliphatic carbocycles. The van der Waals surface area contributed by atoms with E-state index >= 15 is 0 Å². The lowest BCUT2D eigenvalue weighted by Crippen LogP contribution is -2.42. The van der Waals surface area contributed by atoms with Crippen LogP contribution in [0.1, 0.15) is 43.1 Å². The van der Waals surface area contributed by atoms with Crippen molar-refractivity contribution in [2.45, 2.75) is 40.2 Å². The summed E-state index contributed by atoms with van der Waals surface area (Å²) in [5.41, 5.74) is 1.77. The molecule has 0 aliphatic heterocycles. The molecular formula is C16H24N2O2. The molecule has 0 bridgehead atoms. The molecule has 0 heterocycles. The van der Waals surface area contributed by atoms with Crippen LogP contribution in [0.5, 0.6) is 0 Å². The van der Waals surface area contributed by atoms with Crippen LogP contribution in [-0.2, 0) is 4.79 Å². The van der Waals surface area contributed by atoms with Gasteiger partial charge in [0, 0.05) is 31.6 Å². The van der Waals surface area contributed by atoms with E-state index in [1.807, 2.05) is 45.0 Å². The van der Waals surface area contributed by atoms with Gasteiger partial charge in [-0.3, -0.25) is 9.59 Å². The molecule has 4 heteroatoms. The highest BCUT2D eigenvalue weighted by molar-refractivity contribution is 5.94. The van der Waals surface area contributed by atoms with Crippen LogP contribution in [0.3, 0.4) is 0 Å². The fraction of sp³-hybridized carbons (Fsp3) is 0.500. The van der Waals surface area contributed by atoms with E-state index in [9.17, 15) is 9.59 Å². The number of carbonyl (C=O) groups is 2. The van der Waals surface area contributed by atoms with Crippen molar-refractivity contribution in [2.75, 3.05) is 13.1 Å². The maximum absolute atomic E-state index is 11.9. The van der Waals surface area contributed by atoms with Crippen LogP contribution in [0.15, 0.2) is 24.3 Å². The minimum Gasteiger partial charge on any atom is -0.350 e. The number of carbonyl (C=O) groups excluding carboxylic acids is 2. The number of amides is 2. The second-order valence-electron chi connectivity index (χ2n) is 5.09. The van der Waals surface area contributed by atoms with Gasteiger partial charge in [-0.1, -0.05) is 24.6 Å². The molecule has 0 saturated heterocycles. The molecule has 0 fully saturated rings. The van der Waals surface area contributed by atoms with E-state index in [0.717, 1.165) is 12.0 Å². The Morgan fingerprint density at radius 2 is 1.85 bits per heavy atom. The molecule has 110 valence electrons. The summed E-state index contributed by atoms with van der Waals surface area (Å²) >= 11 is 0. The number of benzene rings is 1. The minimum absolute atomic E-state index is 0.0453. The number of nitrogens with one attached hydrogen (secondary N) is 1. The third-order valence-corrected chi connectivity index (χ3v) is 3.48. The summed E-state index contributed by atoms with van der Waals surface area (Å²) in [6.45, 7) is 8.62. The number of hydrogen-bond acceptors (Lipinski definition) is 2. The Balaban J connectivity index is 2.48. The quantitative estimate of drug-likeness (QED) is 0.867. The highest BCUT2D eigenvalue weighted by Crippen LogP contribution is 2.04. The molecule has 20 heavy (non-hydrogen) atoms. The first kappa shape index (κ1) is 16.2. The third kappa shape index (κ3) is 4.68. The van der Waals surface area contributed by atoms with Crippen LogP contribution in [-0.4, -0.2) is 35.8 Å². The van der Waals surface area contributed by atoms with Gasteiger partial charge in [0.25, 0.3) is 5.91 Å². The largest absolute Gasteiger partial charge is 0.350 e. The zero-order valence-electron chi connectivity index (χ0n) is 12.8. The Hall–Kier alpha value is -1.84. The first-order valence-corrected chi connectivity index (χ1v) is 7.07. The smallest absolute Gasteiger partial charge is 0.251 e. The summed E-state index contributed by atoms with van der Waals surface area (Å²) in [5, 5.41) is 2.85. The van der Waals surface area contributed by atoms with E-state index in [-0.39, 0.29) is 17.9 Å². The van der Waals surface area contributed by atoms with Crippen molar-refractivity contribution in [2.24, 2.45) is 0 Å². The molecule has 0 spiro atoms. The van der Waals surface area contributed by atoms with Crippen LogP contribution >= 0.6 is 0 Å². The second kappa shape index (κ2) is 7.68. The van der Waals surface area contributed by atoms with Gasteiger partial charge in [0.2, 0.25) is 5.91 Å². The molecule has 1 atom stereocenters. The van der Waals surface area contributed by atoms with Crippen molar-refractivity contribution < 1.29 is 9.59 Å². The monoisotopic (exact) mass is 276 g/mol. The van der Waals surface area contributed by atoms with Gasteiger partial charge < -0.3 is 10.2 Å². The summed E-state index contributed by atoms with van der Waals surface area (Å²) in [6, 6.07) is 7.64. The molecule has 0 aromatic heterocycles. The van der Waals surface area contributed by atoms with Crippen molar-refractivity contribution >= 4 is 11.8 Å². The van der Waals surface area contributed by atoms with Gasteiger partial charge in [-0.25, -0.2) is 0 Å². The van der Waals surface area contributed by atoms with Gasteiger partial charge in [-0.2, -0.15) is 0 Å². The van der Waals surface area contributed by atoms with E-state index in [1.165, 1.54) is 0 Å². The van der Waals surface area contributed by atoms with Crippen molar-refractivity contribution in [1.82, 2.24) is 10.2 Å². The van der Waals surface area contributed by atoms with Gasteiger partial charge in [0.05, 0.1) is 0 Å². The van der Waals surface area contributed by atoms with Gasteiger partial charge in [-0.05, 0) is 32.4 Å². The molecule has 0 aliphatic rings. The van der Waals surface area contributed by atoms with Gasteiger partial charge in [0.15, 0.2) is 0 Å². The minimum atomic E-state index is -0.0994. The van der Waals surface area contributed by atoms with Crippen LogP contribution in [0, 0.1) is 6.92 Å². The lowest BCUT2D eigenvalue weighted by Gasteiger charge is -2.27. The Morgan fingerprint density at radius 3 is 2.35 bits per heavy atom. The Labute approximate surface area is 121 Å². The second-order valence-corrected chi connectivity index (χ2v) is 5.09. The third-order valence-electron chi connectivity index (χ3n) is 3.48. The SMILES string of the molecule is CCC(C)N(CCNC(=O)c1ccc(C)cc1)C(C)=O. The van der Waals surface area contributed by atoms with E-state index in [0.29, 0.717) is 18.7 Å². The number of hydrogen-bond donors (Lipinski definition) is 1. The maximum atomic E-state index is 11.9. The summed E-state index contributed by atoms with van der Waals surface area (Å²) in [6.07, 6.45) is 0.908. The zero-order valence-corrected chi connectivity index (χ0v) is 12.8. The topological polar surface area (TPSA) is 49.4 Å². The first-order chi connectivity index (χ1) is 9.45. The van der Waals surface area contributed by atoms with Gasteiger partial charge in [-0.15, -0.1) is 0 Å². The summed E-state index contributed by atoms with van der Waals surface area (Å²) < 4.78 is 0. The van der Waals surface area contributed by atoms with Crippen molar-refractivity contribution in [3.63, 3.8) is 0 Å². The normalized spacial score (nSPS) is 11.8. The number of nitrogens with zero attached hydrogens (tertiary/aromatic N) is 1. The van der Waals surface area contributed by atoms with Crippen molar-refractivity contribution in [3.05, 3.63) is 35.4 Å². The van der Waals surface area contributed by atoms with Gasteiger partial charge in [0.1, 0.15) is 0 Å². The van der Waals surface area contributed by atoms with Crippen molar-refractivity contribution in [1.29, 1.82) is 0 Å². The molecule has 1 aromatic carbocycles. The molecule has 0 radical (unpaired) electrons. The Bertz CT molecular complexity index is 454. The summed E-state index contributed by atoms with van der Waals surface area (Å²) in [7, 11) is 0. The zero-order chi connectivity index (χ0) is 15.1. The van der Waals surface area contributed by atoms with E-state index < -0.39 is 0 Å². The fourth-order valence-corrected chi connectivity index (χ4v) is 2.01. The van der Waals surface area contributed by atoms with Crippen LogP contribution in [0.4, 0.5) is 0 Å². The molecule has 1 N–H and O–H groups in total. The predicted molar refractivity (Wildman–Crippen MR) is 80.7 cm³/mol. The average Bonchev–Trinajstić information content (AvgIpc) is 2.43. The Morgan fingerprint density at radius 1 is 1.25 bits per heavy atom. The first-order valence-electron chi connectivity index (χ1n) is 7.07. The molecule has 2 amide bonds. The summed E-state index contributed by atoms with van der Waals surface area (Å²) in [4.78, 5) is 25.3. The molecule has 1 rings (SSSR count). The number of rotatable bonds is 6.